The highest BCUT2D eigenvalue weighted by molar-refractivity contribution is 7.11. The minimum atomic E-state index is 0.145. The van der Waals surface area contributed by atoms with E-state index in [-0.39, 0.29) is 6.03 Å². The number of piperidine rings is 1. The molecule has 2 heterocycles. The fourth-order valence-electron chi connectivity index (χ4n) is 3.75. The number of nitrogens with zero attached hydrogens (tertiary/aromatic N) is 3. The Kier molecular flexibility index (Phi) is 4.51. The summed E-state index contributed by atoms with van der Waals surface area (Å²) >= 11 is 1.81. The van der Waals surface area contributed by atoms with Crippen molar-refractivity contribution in [1.29, 1.82) is 0 Å². The summed E-state index contributed by atoms with van der Waals surface area (Å²) in [4.78, 5) is 14.4. The van der Waals surface area contributed by atoms with Crippen LogP contribution in [0.2, 0.25) is 0 Å². The lowest BCUT2D eigenvalue weighted by Gasteiger charge is -2.33. The van der Waals surface area contributed by atoms with Crippen molar-refractivity contribution in [3.63, 3.8) is 0 Å². The second-order valence-electron chi connectivity index (χ2n) is 7.30. The van der Waals surface area contributed by atoms with Crippen LogP contribution in [0.1, 0.15) is 79.6 Å². The van der Waals surface area contributed by atoms with Gasteiger partial charge in [0, 0.05) is 31.0 Å². The van der Waals surface area contributed by atoms with E-state index in [0.717, 1.165) is 38.8 Å². The first-order valence-corrected chi connectivity index (χ1v) is 10.00. The van der Waals surface area contributed by atoms with Crippen LogP contribution in [0.25, 0.3) is 0 Å². The Morgan fingerprint density at radius 1 is 0.913 bits per heavy atom. The predicted molar refractivity (Wildman–Crippen MR) is 90.8 cm³/mol. The Labute approximate surface area is 141 Å². The van der Waals surface area contributed by atoms with Crippen LogP contribution in [0.15, 0.2) is 0 Å². The van der Waals surface area contributed by atoms with Crippen molar-refractivity contribution in [3.8, 4) is 0 Å². The van der Waals surface area contributed by atoms with Gasteiger partial charge in [0.25, 0.3) is 0 Å². The highest BCUT2D eigenvalue weighted by Gasteiger charge is 2.31. The summed E-state index contributed by atoms with van der Waals surface area (Å²) in [6, 6.07) is 0.546. The molecule has 1 aliphatic heterocycles. The van der Waals surface area contributed by atoms with Gasteiger partial charge in [0.1, 0.15) is 10.0 Å². The number of likely N-dealkylation sites (tertiary alicyclic amines) is 1. The molecule has 2 saturated carbocycles. The third-order valence-corrected chi connectivity index (χ3v) is 6.70. The van der Waals surface area contributed by atoms with Gasteiger partial charge in [-0.1, -0.05) is 19.3 Å². The smallest absolute Gasteiger partial charge is 0.317 e. The summed E-state index contributed by atoms with van der Waals surface area (Å²) in [6.45, 7) is 1.70. The maximum Gasteiger partial charge on any atom is 0.317 e. The van der Waals surface area contributed by atoms with Gasteiger partial charge in [-0.2, -0.15) is 0 Å². The summed E-state index contributed by atoms with van der Waals surface area (Å²) in [5, 5.41) is 14.4. The molecule has 1 aromatic heterocycles. The number of amides is 2. The normalized spacial score (nSPS) is 23.9. The molecule has 0 atom stereocenters. The molecule has 1 saturated heterocycles. The molecule has 6 heteroatoms. The van der Waals surface area contributed by atoms with E-state index in [9.17, 15) is 4.79 Å². The highest BCUT2D eigenvalue weighted by atomic mass is 32.1. The van der Waals surface area contributed by atoms with Crippen molar-refractivity contribution in [1.82, 2.24) is 20.4 Å². The molecule has 1 N–H and O–H groups in total. The molecule has 0 unspecified atom stereocenters. The number of rotatable bonds is 3. The molecule has 1 aromatic rings. The predicted octanol–water partition coefficient (Wildman–Crippen LogP) is 3.64. The van der Waals surface area contributed by atoms with Crippen molar-refractivity contribution < 1.29 is 4.79 Å². The molecule has 2 aliphatic carbocycles. The summed E-state index contributed by atoms with van der Waals surface area (Å²) < 4.78 is 0. The van der Waals surface area contributed by atoms with Crippen LogP contribution in [-0.2, 0) is 0 Å². The van der Waals surface area contributed by atoms with Crippen molar-refractivity contribution in [3.05, 3.63) is 10.0 Å². The number of hydrogen-bond donors (Lipinski definition) is 1. The Balaban J connectivity index is 1.27. The fraction of sp³-hybridized carbons (Fsp3) is 0.824. The maximum atomic E-state index is 12.4. The molecular formula is C17H26N4OS. The minimum absolute atomic E-state index is 0.145. The van der Waals surface area contributed by atoms with Gasteiger partial charge in [0.2, 0.25) is 0 Å². The maximum absolute atomic E-state index is 12.4. The Bertz CT molecular complexity index is 543. The molecule has 4 rings (SSSR count). The van der Waals surface area contributed by atoms with E-state index in [1.54, 1.807) is 11.3 Å². The molecular weight excluding hydrogens is 308 g/mol. The Morgan fingerprint density at radius 3 is 2.13 bits per heavy atom. The molecule has 0 bridgehead atoms. The molecule has 3 fully saturated rings. The lowest BCUT2D eigenvalue weighted by Crippen LogP contribution is -2.48. The topological polar surface area (TPSA) is 58.1 Å². The molecule has 3 aliphatic rings. The number of carbonyl (C=O) groups is 1. The summed E-state index contributed by atoms with van der Waals surface area (Å²) in [7, 11) is 0. The first-order valence-electron chi connectivity index (χ1n) is 9.18. The Morgan fingerprint density at radius 2 is 1.52 bits per heavy atom. The van der Waals surface area contributed by atoms with Crippen LogP contribution in [0.3, 0.4) is 0 Å². The van der Waals surface area contributed by atoms with Crippen molar-refractivity contribution >= 4 is 17.4 Å². The molecule has 5 nitrogen and oxygen atoms in total. The van der Waals surface area contributed by atoms with Gasteiger partial charge < -0.3 is 10.2 Å². The van der Waals surface area contributed by atoms with Crippen molar-refractivity contribution in [2.24, 2.45) is 0 Å². The second kappa shape index (κ2) is 6.75. The van der Waals surface area contributed by atoms with Crippen LogP contribution in [0, 0.1) is 0 Å². The van der Waals surface area contributed by atoms with Gasteiger partial charge in [-0.15, -0.1) is 21.5 Å². The van der Waals surface area contributed by atoms with Crippen LogP contribution < -0.4 is 5.32 Å². The zero-order valence-corrected chi connectivity index (χ0v) is 14.5. The summed E-state index contributed by atoms with van der Waals surface area (Å²) in [5.74, 6) is 1.20. The van der Waals surface area contributed by atoms with Crippen molar-refractivity contribution in [2.75, 3.05) is 13.1 Å². The van der Waals surface area contributed by atoms with E-state index in [2.05, 4.69) is 15.5 Å². The van der Waals surface area contributed by atoms with Crippen LogP contribution in [-0.4, -0.2) is 40.3 Å². The van der Waals surface area contributed by atoms with E-state index in [0.29, 0.717) is 17.9 Å². The molecule has 0 aromatic carbocycles. The van der Waals surface area contributed by atoms with E-state index in [1.165, 1.54) is 42.1 Å². The minimum Gasteiger partial charge on any atom is -0.335 e. The quantitative estimate of drug-likeness (QED) is 0.918. The van der Waals surface area contributed by atoms with Gasteiger partial charge in [0.15, 0.2) is 0 Å². The van der Waals surface area contributed by atoms with Crippen LogP contribution in [0.5, 0.6) is 0 Å². The van der Waals surface area contributed by atoms with Crippen LogP contribution >= 0.6 is 11.3 Å². The average molecular weight is 334 g/mol. The van der Waals surface area contributed by atoms with E-state index in [4.69, 9.17) is 0 Å². The molecule has 23 heavy (non-hydrogen) atoms. The molecule has 0 radical (unpaired) electrons. The number of carbonyl (C=O) groups excluding carboxylic acids is 1. The molecule has 0 spiro atoms. The zero-order valence-electron chi connectivity index (χ0n) is 13.7. The van der Waals surface area contributed by atoms with Gasteiger partial charge in [0.05, 0.1) is 0 Å². The fourth-order valence-corrected chi connectivity index (χ4v) is 4.93. The monoisotopic (exact) mass is 334 g/mol. The van der Waals surface area contributed by atoms with Gasteiger partial charge in [-0.05, 0) is 38.5 Å². The van der Waals surface area contributed by atoms with Gasteiger partial charge in [-0.25, -0.2) is 4.79 Å². The first kappa shape index (κ1) is 15.4. The van der Waals surface area contributed by atoms with Gasteiger partial charge in [-0.3, -0.25) is 0 Å². The zero-order chi connectivity index (χ0) is 15.6. The lowest BCUT2D eigenvalue weighted by atomic mass is 9.95. The number of hydrogen-bond acceptors (Lipinski definition) is 4. The summed E-state index contributed by atoms with van der Waals surface area (Å²) in [6.07, 6.45) is 10.8. The lowest BCUT2D eigenvalue weighted by molar-refractivity contribution is 0.174. The van der Waals surface area contributed by atoms with E-state index >= 15 is 0 Å². The largest absolute Gasteiger partial charge is 0.335 e. The van der Waals surface area contributed by atoms with E-state index in [1.807, 2.05) is 4.90 Å². The number of aromatic nitrogens is 2. The Hall–Kier alpha value is -1.17. The third-order valence-electron chi connectivity index (χ3n) is 5.45. The molecule has 126 valence electrons. The highest BCUT2D eigenvalue weighted by Crippen LogP contribution is 2.43. The van der Waals surface area contributed by atoms with Crippen LogP contribution in [0.4, 0.5) is 4.79 Å². The van der Waals surface area contributed by atoms with E-state index < -0.39 is 0 Å². The van der Waals surface area contributed by atoms with Gasteiger partial charge >= 0.3 is 6.03 Å². The average Bonchev–Trinajstić information content (AvgIpc) is 3.33. The molecule has 2 amide bonds. The SMILES string of the molecule is O=C(NC1CCCCC1)N1CCC(c2nnc(C3CC3)s2)CC1. The van der Waals surface area contributed by atoms with Crippen molar-refractivity contribution in [2.45, 2.75) is 75.7 Å². The first-order chi connectivity index (χ1) is 11.3. The standard InChI is InChI=1S/C17H26N4OS/c22-17(18-14-4-2-1-3-5-14)21-10-8-13(9-11-21)16-20-19-15(23-16)12-6-7-12/h12-14H,1-11H2,(H,18,22). The second-order valence-corrected chi connectivity index (χ2v) is 8.34. The third kappa shape index (κ3) is 3.67. The summed E-state index contributed by atoms with van der Waals surface area (Å²) in [5.41, 5.74) is 0. The number of nitrogens with one attached hydrogen (secondary N) is 1. The number of urea groups is 1.